The molecule has 1 N–H and O–H groups in total. The van der Waals surface area contributed by atoms with Crippen molar-refractivity contribution in [1.82, 2.24) is 44.7 Å². The fourth-order valence-electron chi connectivity index (χ4n) is 4.26. The van der Waals surface area contributed by atoms with Gasteiger partial charge in [-0.2, -0.15) is 5.10 Å². The summed E-state index contributed by atoms with van der Waals surface area (Å²) in [6, 6.07) is 22.0. The molecule has 6 aromatic rings. The number of hydrogen-bond acceptors (Lipinski definition) is 12. The molecule has 0 amide bonds. The number of halogens is 3. The zero-order valence-corrected chi connectivity index (χ0v) is 35.7. The summed E-state index contributed by atoms with van der Waals surface area (Å²) in [4.78, 5) is 45.2. The van der Waals surface area contributed by atoms with Crippen molar-refractivity contribution in [2.45, 2.75) is 59.9 Å². The summed E-state index contributed by atoms with van der Waals surface area (Å²) in [7, 11) is 0. The Kier molecular flexibility index (Phi) is 19.9. The van der Waals surface area contributed by atoms with E-state index in [0.717, 1.165) is 22.5 Å². The van der Waals surface area contributed by atoms with Crippen LogP contribution in [-0.4, -0.2) is 80.9 Å². The van der Waals surface area contributed by atoms with Crippen molar-refractivity contribution in [3.63, 3.8) is 0 Å². The molecule has 0 radical (unpaired) electrons. The van der Waals surface area contributed by atoms with E-state index in [1.165, 1.54) is 52.9 Å². The SMILES string of the molecule is C#CC(=O)OC(C)C.CC(C)OC(=O)/C=C/n1cnc(-c2cccc(Cl)c2)n1.CC(C)OC(=O)/C=C\n1cnc(-c2cccc(Cl)c2)n1.Clc1cccc(-c2ncn[nH]2)c1. The highest BCUT2D eigenvalue weighted by atomic mass is 35.5. The number of benzene rings is 3. The third kappa shape index (κ3) is 18.3. The van der Waals surface area contributed by atoms with Crippen LogP contribution < -0.4 is 0 Å². The minimum absolute atomic E-state index is 0.112. The fourth-order valence-corrected chi connectivity index (χ4v) is 4.83. The maximum absolute atomic E-state index is 11.4. The van der Waals surface area contributed by atoms with Gasteiger partial charge in [0, 0.05) is 62.2 Å². The molecule has 0 aliphatic rings. The Balaban J connectivity index is 0.000000226. The summed E-state index contributed by atoms with van der Waals surface area (Å²) in [6.45, 7) is 10.7. The molecule has 15 nitrogen and oxygen atoms in total. The van der Waals surface area contributed by atoms with Gasteiger partial charge in [0.1, 0.15) is 19.0 Å². The van der Waals surface area contributed by atoms with Gasteiger partial charge in [-0.15, -0.1) is 16.6 Å². The third-order valence-corrected chi connectivity index (χ3v) is 7.29. The molecule has 312 valence electrons. The molecule has 0 fully saturated rings. The van der Waals surface area contributed by atoms with Crippen molar-refractivity contribution in [3.8, 4) is 46.5 Å². The molecule has 0 bridgehead atoms. The van der Waals surface area contributed by atoms with Crippen molar-refractivity contribution in [2.24, 2.45) is 0 Å². The zero-order valence-electron chi connectivity index (χ0n) is 33.4. The van der Waals surface area contributed by atoms with Crippen LogP contribution in [-0.2, 0) is 28.6 Å². The van der Waals surface area contributed by atoms with Crippen molar-refractivity contribution in [2.75, 3.05) is 0 Å². The van der Waals surface area contributed by atoms with E-state index in [2.05, 4.69) is 40.1 Å². The number of rotatable bonds is 10. The van der Waals surface area contributed by atoms with E-state index >= 15 is 0 Å². The molecule has 0 saturated carbocycles. The lowest BCUT2D eigenvalue weighted by Crippen LogP contribution is -2.08. The monoisotopic (exact) mass is 873 g/mol. The maximum atomic E-state index is 11.4. The summed E-state index contributed by atoms with van der Waals surface area (Å²) in [6.07, 6.45) is 14.4. The summed E-state index contributed by atoms with van der Waals surface area (Å²) in [5.74, 6) is 2.21. The van der Waals surface area contributed by atoms with Crippen LogP contribution in [0.3, 0.4) is 0 Å². The topological polar surface area (TPSA) is 182 Å². The van der Waals surface area contributed by atoms with E-state index in [1.54, 1.807) is 65.8 Å². The standard InChI is InChI=1S/2C14H14ClN3O2.C8H6ClN3.C6H8O2/c2*1-10(2)20-13(19)6-7-18-9-16-14(17-18)11-4-3-5-12(15)8-11;9-7-3-1-2-6(4-7)8-10-5-11-12-8;1-4-6(7)8-5(2)3/h2*3-10H,1-2H3;1-5H,(H,10,11,12);1,5H,2-3H3/b7-6+;7-6-;;. The molecule has 0 atom stereocenters. The molecule has 3 heterocycles. The molecule has 0 aliphatic heterocycles. The normalized spacial score (nSPS) is 10.6. The summed E-state index contributed by atoms with van der Waals surface area (Å²) in [5, 5.41) is 16.9. The van der Waals surface area contributed by atoms with Crippen LogP contribution >= 0.6 is 34.8 Å². The molecule has 60 heavy (non-hydrogen) atoms. The molecule has 18 heteroatoms. The van der Waals surface area contributed by atoms with Crippen LogP contribution in [0.4, 0.5) is 0 Å². The molecule has 3 aromatic carbocycles. The van der Waals surface area contributed by atoms with Gasteiger partial charge in [-0.05, 0) is 77.9 Å². The molecule has 0 unspecified atom stereocenters. The first-order valence-corrected chi connectivity index (χ1v) is 19.2. The number of ether oxygens (including phenoxy) is 3. The summed E-state index contributed by atoms with van der Waals surface area (Å²) >= 11 is 17.6. The molecule has 0 aliphatic carbocycles. The lowest BCUT2D eigenvalue weighted by atomic mass is 10.2. The Hall–Kier alpha value is -6.60. The zero-order chi connectivity index (χ0) is 44.0. The Labute approximate surface area is 362 Å². The smallest absolute Gasteiger partial charge is 0.384 e. The summed E-state index contributed by atoms with van der Waals surface area (Å²) in [5.41, 5.74) is 2.57. The molecular weight excluding hydrogens is 833 g/mol. The Morgan fingerprint density at radius 1 is 0.650 bits per heavy atom. The number of nitrogens with zero attached hydrogens (tertiary/aromatic N) is 8. The number of carbonyl (C=O) groups is 3. The van der Waals surface area contributed by atoms with Gasteiger partial charge in [0.05, 0.1) is 18.3 Å². The second kappa shape index (κ2) is 25.0. The molecular formula is C42H42Cl3N9O6. The van der Waals surface area contributed by atoms with Gasteiger partial charge in [-0.3, -0.25) is 5.10 Å². The van der Waals surface area contributed by atoms with Crippen LogP contribution in [0.15, 0.2) is 104 Å². The highest BCUT2D eigenvalue weighted by molar-refractivity contribution is 6.31. The number of esters is 3. The van der Waals surface area contributed by atoms with E-state index in [0.29, 0.717) is 26.7 Å². The van der Waals surface area contributed by atoms with Gasteiger partial charge in [0.25, 0.3) is 0 Å². The Morgan fingerprint density at radius 3 is 1.42 bits per heavy atom. The minimum atomic E-state index is -0.597. The van der Waals surface area contributed by atoms with Crippen molar-refractivity contribution in [1.29, 1.82) is 0 Å². The highest BCUT2D eigenvalue weighted by Crippen LogP contribution is 2.20. The van der Waals surface area contributed by atoms with Crippen LogP contribution in [0, 0.1) is 12.3 Å². The quantitative estimate of drug-likeness (QED) is 0.0455. The van der Waals surface area contributed by atoms with Crippen molar-refractivity contribution >= 4 is 65.1 Å². The van der Waals surface area contributed by atoms with Gasteiger partial charge < -0.3 is 14.2 Å². The van der Waals surface area contributed by atoms with Gasteiger partial charge in [-0.25, -0.2) is 38.7 Å². The van der Waals surface area contributed by atoms with E-state index in [-0.39, 0.29) is 18.3 Å². The molecule has 3 aromatic heterocycles. The average molecular weight is 875 g/mol. The second-order valence-corrected chi connectivity index (χ2v) is 14.0. The van der Waals surface area contributed by atoms with E-state index in [9.17, 15) is 14.4 Å². The first-order chi connectivity index (χ1) is 28.6. The first-order valence-electron chi connectivity index (χ1n) is 18.0. The van der Waals surface area contributed by atoms with Crippen LogP contribution in [0.5, 0.6) is 0 Å². The molecule has 6 rings (SSSR count). The number of aromatic nitrogens is 9. The first kappa shape index (κ1) is 47.8. The molecule has 0 spiro atoms. The van der Waals surface area contributed by atoms with Gasteiger partial charge in [0.15, 0.2) is 17.5 Å². The van der Waals surface area contributed by atoms with Gasteiger partial charge >= 0.3 is 17.9 Å². The third-order valence-electron chi connectivity index (χ3n) is 6.59. The van der Waals surface area contributed by atoms with E-state index in [4.69, 9.17) is 50.7 Å². The number of terminal acetylenes is 1. The molecule has 0 saturated heterocycles. The lowest BCUT2D eigenvalue weighted by Gasteiger charge is -2.03. The lowest BCUT2D eigenvalue weighted by molar-refractivity contribution is -0.142. The van der Waals surface area contributed by atoms with Crippen LogP contribution in [0.2, 0.25) is 15.1 Å². The highest BCUT2D eigenvalue weighted by Gasteiger charge is 2.07. The largest absolute Gasteiger partial charge is 0.460 e. The number of H-pyrrole nitrogens is 1. The van der Waals surface area contributed by atoms with E-state index in [1.807, 2.05) is 54.5 Å². The van der Waals surface area contributed by atoms with Gasteiger partial charge in [-0.1, -0.05) is 71.2 Å². The maximum Gasteiger partial charge on any atom is 0.384 e. The number of hydrogen-bond donors (Lipinski definition) is 1. The fraction of sp³-hybridized carbons (Fsp3) is 0.214. The van der Waals surface area contributed by atoms with Crippen molar-refractivity contribution < 1.29 is 28.6 Å². The van der Waals surface area contributed by atoms with Crippen LogP contribution in [0.25, 0.3) is 46.6 Å². The second-order valence-electron chi connectivity index (χ2n) is 12.7. The van der Waals surface area contributed by atoms with Gasteiger partial charge in [0.2, 0.25) is 0 Å². The number of nitrogens with one attached hydrogen (secondary N) is 1. The predicted octanol–water partition coefficient (Wildman–Crippen LogP) is 8.74. The van der Waals surface area contributed by atoms with Crippen molar-refractivity contribution in [3.05, 3.63) is 119 Å². The number of carbonyl (C=O) groups excluding carboxylic acids is 3. The number of aromatic amines is 1. The Bertz CT molecular complexity index is 2270. The predicted molar refractivity (Wildman–Crippen MR) is 231 cm³/mol. The summed E-state index contributed by atoms with van der Waals surface area (Å²) < 4.78 is 17.4. The minimum Gasteiger partial charge on any atom is -0.460 e. The average Bonchev–Trinajstić information content (AvgIpc) is 4.00. The van der Waals surface area contributed by atoms with Crippen LogP contribution in [0.1, 0.15) is 41.5 Å². The Morgan fingerprint density at radius 2 is 1.07 bits per heavy atom. The van der Waals surface area contributed by atoms with E-state index < -0.39 is 17.9 Å².